The Bertz CT molecular complexity index is 479. The second-order valence-electron chi connectivity index (χ2n) is 3.28. The van der Waals surface area contributed by atoms with Crippen molar-refractivity contribution in [1.82, 2.24) is 15.0 Å². The van der Waals surface area contributed by atoms with Gasteiger partial charge in [-0.15, -0.1) is 0 Å². The van der Waals surface area contributed by atoms with Crippen LogP contribution in [0.4, 0.5) is 0 Å². The van der Waals surface area contributed by atoms with Gasteiger partial charge in [0.05, 0.1) is 11.4 Å². The molecule has 0 bridgehead atoms. The molecule has 1 heterocycles. The minimum atomic E-state index is -3.14. The highest BCUT2D eigenvalue weighted by Gasteiger charge is 2.06. The standard InChI is InChI=1S/C9H13Br2N3O2S/c1-12-17(15,16)3-2-13-6-9-8(11)4-7(10)5-14-9/h4-5,12-13H,2-3,6H2,1H3. The number of halogens is 2. The number of nitrogens with zero attached hydrogens (tertiary/aromatic N) is 1. The summed E-state index contributed by atoms with van der Waals surface area (Å²) in [6.45, 7) is 0.903. The van der Waals surface area contributed by atoms with Gasteiger partial charge in [0.1, 0.15) is 0 Å². The fraction of sp³-hybridized carbons (Fsp3) is 0.444. The number of rotatable bonds is 6. The van der Waals surface area contributed by atoms with Crippen LogP contribution in [0.3, 0.4) is 0 Å². The Hall–Kier alpha value is -0.0200. The number of pyridine rings is 1. The molecule has 0 radical (unpaired) electrons. The Morgan fingerprint density at radius 2 is 2.12 bits per heavy atom. The lowest BCUT2D eigenvalue weighted by atomic mass is 10.3. The van der Waals surface area contributed by atoms with E-state index in [2.05, 4.69) is 46.9 Å². The van der Waals surface area contributed by atoms with E-state index >= 15 is 0 Å². The van der Waals surface area contributed by atoms with E-state index in [4.69, 9.17) is 0 Å². The van der Waals surface area contributed by atoms with Crippen LogP contribution in [-0.2, 0) is 16.6 Å². The van der Waals surface area contributed by atoms with Gasteiger partial charge in [-0.1, -0.05) is 0 Å². The molecule has 0 aliphatic rings. The molecule has 2 N–H and O–H groups in total. The van der Waals surface area contributed by atoms with Gasteiger partial charge in [-0.25, -0.2) is 13.1 Å². The molecule has 5 nitrogen and oxygen atoms in total. The van der Waals surface area contributed by atoms with Gasteiger partial charge in [0.15, 0.2) is 0 Å². The van der Waals surface area contributed by atoms with Crippen molar-refractivity contribution in [3.63, 3.8) is 0 Å². The summed E-state index contributed by atoms with van der Waals surface area (Å²) in [7, 11) is -1.74. The van der Waals surface area contributed by atoms with Gasteiger partial charge in [0.2, 0.25) is 10.0 Å². The first-order valence-electron chi connectivity index (χ1n) is 4.86. The molecule has 0 spiro atoms. The third kappa shape index (κ3) is 5.43. The van der Waals surface area contributed by atoms with Crippen molar-refractivity contribution in [3.8, 4) is 0 Å². The van der Waals surface area contributed by atoms with Crippen LogP contribution in [0, 0.1) is 0 Å². The van der Waals surface area contributed by atoms with E-state index in [9.17, 15) is 8.42 Å². The molecule has 96 valence electrons. The molecule has 0 saturated heterocycles. The van der Waals surface area contributed by atoms with Gasteiger partial charge in [-0.3, -0.25) is 4.98 Å². The van der Waals surface area contributed by atoms with Gasteiger partial charge in [-0.05, 0) is 45.0 Å². The first-order chi connectivity index (χ1) is 7.94. The first kappa shape index (κ1) is 15.0. The van der Waals surface area contributed by atoms with Crippen molar-refractivity contribution in [1.29, 1.82) is 0 Å². The normalized spacial score (nSPS) is 11.7. The van der Waals surface area contributed by atoms with Crippen LogP contribution in [0.15, 0.2) is 21.2 Å². The molecule has 1 aromatic rings. The summed E-state index contributed by atoms with van der Waals surface area (Å²) in [6, 6.07) is 1.90. The number of sulfonamides is 1. The highest BCUT2D eigenvalue weighted by Crippen LogP contribution is 2.19. The molecule has 0 aromatic carbocycles. The maximum absolute atomic E-state index is 11.1. The quantitative estimate of drug-likeness (QED) is 0.721. The minimum Gasteiger partial charge on any atom is -0.310 e. The van der Waals surface area contributed by atoms with Crippen LogP contribution in [0.1, 0.15) is 5.69 Å². The Morgan fingerprint density at radius 3 is 2.71 bits per heavy atom. The molecule has 0 aliphatic heterocycles. The second kappa shape index (κ2) is 6.79. The molecule has 0 fully saturated rings. The lowest BCUT2D eigenvalue weighted by Gasteiger charge is -2.06. The Balaban J connectivity index is 2.41. The third-order valence-electron chi connectivity index (χ3n) is 2.04. The smallest absolute Gasteiger partial charge is 0.212 e. The van der Waals surface area contributed by atoms with Crippen molar-refractivity contribution >= 4 is 41.9 Å². The van der Waals surface area contributed by atoms with E-state index in [-0.39, 0.29) is 5.75 Å². The SMILES string of the molecule is CNS(=O)(=O)CCNCc1ncc(Br)cc1Br. The molecule has 17 heavy (non-hydrogen) atoms. The fourth-order valence-corrected chi connectivity index (χ4v) is 2.83. The number of nitrogens with one attached hydrogen (secondary N) is 2. The molecule has 0 amide bonds. The summed E-state index contributed by atoms with van der Waals surface area (Å²) in [5, 5.41) is 3.03. The van der Waals surface area contributed by atoms with E-state index in [0.29, 0.717) is 13.1 Å². The zero-order valence-electron chi connectivity index (χ0n) is 9.20. The largest absolute Gasteiger partial charge is 0.310 e. The zero-order valence-corrected chi connectivity index (χ0v) is 13.2. The van der Waals surface area contributed by atoms with Crippen LogP contribution in [0.25, 0.3) is 0 Å². The highest BCUT2D eigenvalue weighted by atomic mass is 79.9. The van der Waals surface area contributed by atoms with E-state index in [1.807, 2.05) is 6.07 Å². The average Bonchev–Trinajstić information content (AvgIpc) is 2.27. The molecule has 1 rings (SSSR count). The predicted octanol–water partition coefficient (Wildman–Crippen LogP) is 1.25. The van der Waals surface area contributed by atoms with Gasteiger partial charge in [-0.2, -0.15) is 0 Å². The molecule has 8 heteroatoms. The Kier molecular flexibility index (Phi) is 6.01. The summed E-state index contributed by atoms with van der Waals surface area (Å²) in [4.78, 5) is 4.21. The Morgan fingerprint density at radius 1 is 1.41 bits per heavy atom. The van der Waals surface area contributed by atoms with E-state index in [0.717, 1.165) is 14.6 Å². The third-order valence-corrected chi connectivity index (χ3v) is 4.52. The van der Waals surface area contributed by atoms with Crippen LogP contribution < -0.4 is 10.0 Å². The topological polar surface area (TPSA) is 71.1 Å². The lowest BCUT2D eigenvalue weighted by Crippen LogP contribution is -2.29. The van der Waals surface area contributed by atoms with E-state index in [1.165, 1.54) is 7.05 Å². The van der Waals surface area contributed by atoms with Crippen molar-refractivity contribution in [2.75, 3.05) is 19.3 Å². The molecule has 0 aliphatic carbocycles. The Labute approximate surface area is 118 Å². The molecule has 0 saturated carbocycles. The summed E-state index contributed by atoms with van der Waals surface area (Å²) in [5.41, 5.74) is 0.843. The highest BCUT2D eigenvalue weighted by molar-refractivity contribution is 9.11. The van der Waals surface area contributed by atoms with Crippen LogP contribution >= 0.6 is 31.9 Å². The van der Waals surface area contributed by atoms with Gasteiger partial charge in [0.25, 0.3) is 0 Å². The summed E-state index contributed by atoms with van der Waals surface area (Å²) >= 11 is 6.70. The molecular formula is C9H13Br2N3O2S. The van der Waals surface area contributed by atoms with Crippen molar-refractivity contribution in [2.45, 2.75) is 6.54 Å². The van der Waals surface area contributed by atoms with Gasteiger partial charge < -0.3 is 5.32 Å². The molecule has 0 unspecified atom stereocenters. The van der Waals surface area contributed by atoms with Gasteiger partial charge in [0, 0.05) is 28.2 Å². The number of aromatic nitrogens is 1. The lowest BCUT2D eigenvalue weighted by molar-refractivity contribution is 0.582. The predicted molar refractivity (Wildman–Crippen MR) is 74.2 cm³/mol. The molecule has 1 aromatic heterocycles. The second-order valence-corrected chi connectivity index (χ2v) is 7.10. The van der Waals surface area contributed by atoms with Crippen LogP contribution in [0.5, 0.6) is 0 Å². The molecule has 0 atom stereocenters. The van der Waals surface area contributed by atoms with Crippen molar-refractivity contribution in [3.05, 3.63) is 26.9 Å². The van der Waals surface area contributed by atoms with E-state index in [1.54, 1.807) is 6.20 Å². The summed E-state index contributed by atoms with van der Waals surface area (Å²) in [5.74, 6) is 0.0532. The van der Waals surface area contributed by atoms with Crippen LogP contribution in [-0.4, -0.2) is 32.7 Å². The van der Waals surface area contributed by atoms with Crippen molar-refractivity contribution in [2.24, 2.45) is 0 Å². The summed E-state index contributed by atoms with van der Waals surface area (Å²) < 4.78 is 26.3. The van der Waals surface area contributed by atoms with Crippen LogP contribution in [0.2, 0.25) is 0 Å². The minimum absolute atomic E-state index is 0.0532. The van der Waals surface area contributed by atoms with Gasteiger partial charge >= 0.3 is 0 Å². The number of hydrogen-bond donors (Lipinski definition) is 2. The maximum Gasteiger partial charge on any atom is 0.212 e. The number of hydrogen-bond acceptors (Lipinski definition) is 4. The molecular weight excluding hydrogens is 374 g/mol. The summed E-state index contributed by atoms with van der Waals surface area (Å²) in [6.07, 6.45) is 1.70. The maximum atomic E-state index is 11.1. The monoisotopic (exact) mass is 385 g/mol. The van der Waals surface area contributed by atoms with Crippen molar-refractivity contribution < 1.29 is 8.42 Å². The zero-order chi connectivity index (χ0) is 12.9. The van der Waals surface area contributed by atoms with E-state index < -0.39 is 10.0 Å². The fourth-order valence-electron chi connectivity index (χ4n) is 1.09. The average molecular weight is 387 g/mol. The first-order valence-corrected chi connectivity index (χ1v) is 8.10.